The second-order valence-corrected chi connectivity index (χ2v) is 5.80. The Balaban J connectivity index is 2.52. The lowest BCUT2D eigenvalue weighted by molar-refractivity contribution is -0.146. The van der Waals surface area contributed by atoms with Crippen LogP contribution in [0, 0.1) is 5.41 Å². The van der Waals surface area contributed by atoms with Gasteiger partial charge in [-0.15, -0.1) is 0 Å². The lowest BCUT2D eigenvalue weighted by Crippen LogP contribution is -2.26. The molecule has 1 heterocycles. The number of ether oxygens (including phenoxy) is 1. The Morgan fingerprint density at radius 3 is 2.57 bits per heavy atom. The highest BCUT2D eigenvalue weighted by Crippen LogP contribution is 2.33. The van der Waals surface area contributed by atoms with E-state index in [9.17, 15) is 14.7 Å². The molecule has 0 atom stereocenters. The van der Waals surface area contributed by atoms with Gasteiger partial charge in [0, 0.05) is 25.2 Å². The summed E-state index contributed by atoms with van der Waals surface area (Å²) in [7, 11) is 3.40. The zero-order valence-electron chi connectivity index (χ0n) is 12.6. The first-order chi connectivity index (χ1) is 9.77. The fraction of sp³-hybridized carbons (Fsp3) is 0.375. The van der Waals surface area contributed by atoms with E-state index in [1.54, 1.807) is 33.2 Å². The summed E-state index contributed by atoms with van der Waals surface area (Å²) in [6.45, 7) is 3.10. The minimum absolute atomic E-state index is 0.0561. The van der Waals surface area contributed by atoms with Gasteiger partial charge in [-0.25, -0.2) is 0 Å². The van der Waals surface area contributed by atoms with Gasteiger partial charge in [-0.05, 0) is 26.0 Å². The van der Waals surface area contributed by atoms with Crippen molar-refractivity contribution in [1.29, 1.82) is 0 Å². The average Bonchev–Trinajstić information content (AvgIpc) is 2.76. The lowest BCUT2D eigenvalue weighted by Gasteiger charge is -2.17. The SMILES string of the molecule is COc1cccc2c1c(C(=O)CC(C)(C)C(=O)O)cn2C. The number of ketones is 1. The van der Waals surface area contributed by atoms with E-state index >= 15 is 0 Å². The molecule has 2 rings (SSSR count). The van der Waals surface area contributed by atoms with Crippen molar-refractivity contribution in [3.63, 3.8) is 0 Å². The smallest absolute Gasteiger partial charge is 0.309 e. The second kappa shape index (κ2) is 5.24. The zero-order chi connectivity index (χ0) is 15.8. The van der Waals surface area contributed by atoms with Gasteiger partial charge in [-0.2, -0.15) is 0 Å². The first-order valence-corrected chi connectivity index (χ1v) is 6.66. The van der Waals surface area contributed by atoms with Crippen LogP contribution in [0.3, 0.4) is 0 Å². The fourth-order valence-corrected chi connectivity index (χ4v) is 2.37. The van der Waals surface area contributed by atoms with Crippen molar-refractivity contribution in [1.82, 2.24) is 4.57 Å². The van der Waals surface area contributed by atoms with E-state index < -0.39 is 11.4 Å². The van der Waals surface area contributed by atoms with Crippen LogP contribution >= 0.6 is 0 Å². The van der Waals surface area contributed by atoms with Crippen molar-refractivity contribution >= 4 is 22.7 Å². The average molecular weight is 289 g/mol. The van der Waals surface area contributed by atoms with Crippen LogP contribution in [0.4, 0.5) is 0 Å². The quantitative estimate of drug-likeness (QED) is 0.859. The minimum atomic E-state index is -1.10. The van der Waals surface area contributed by atoms with Crippen LogP contribution in [0.5, 0.6) is 5.75 Å². The summed E-state index contributed by atoms with van der Waals surface area (Å²) < 4.78 is 7.17. The lowest BCUT2D eigenvalue weighted by atomic mass is 9.85. The van der Waals surface area contributed by atoms with Crippen LogP contribution in [0.2, 0.25) is 0 Å². The molecule has 0 fully saturated rings. The number of rotatable bonds is 5. The molecule has 2 aromatic rings. The maximum absolute atomic E-state index is 12.5. The Hall–Kier alpha value is -2.30. The summed E-state index contributed by atoms with van der Waals surface area (Å²) in [6.07, 6.45) is 1.67. The third-order valence-corrected chi connectivity index (χ3v) is 3.68. The largest absolute Gasteiger partial charge is 0.496 e. The molecule has 0 aliphatic rings. The van der Waals surface area contributed by atoms with Gasteiger partial charge in [0.2, 0.25) is 0 Å². The number of Topliss-reactive ketones (excluding diaryl/α,β-unsaturated/α-hetero) is 1. The third-order valence-electron chi connectivity index (χ3n) is 3.68. The normalized spacial score (nSPS) is 11.6. The second-order valence-electron chi connectivity index (χ2n) is 5.80. The number of methoxy groups -OCH3 is 1. The molecule has 0 radical (unpaired) electrons. The molecule has 0 saturated heterocycles. The first kappa shape index (κ1) is 15.1. The number of hydrogen-bond acceptors (Lipinski definition) is 3. The molecule has 1 aromatic carbocycles. The minimum Gasteiger partial charge on any atom is -0.496 e. The number of nitrogens with zero attached hydrogens (tertiary/aromatic N) is 1. The summed E-state index contributed by atoms with van der Waals surface area (Å²) in [4.78, 5) is 23.7. The van der Waals surface area contributed by atoms with Crippen molar-refractivity contribution in [2.75, 3.05) is 7.11 Å². The molecule has 21 heavy (non-hydrogen) atoms. The van der Waals surface area contributed by atoms with E-state index in [0.29, 0.717) is 11.3 Å². The van der Waals surface area contributed by atoms with Gasteiger partial charge in [0.1, 0.15) is 5.75 Å². The number of carbonyl (C=O) groups excluding carboxylic acids is 1. The highest BCUT2D eigenvalue weighted by molar-refractivity contribution is 6.11. The molecule has 5 heteroatoms. The highest BCUT2D eigenvalue weighted by atomic mass is 16.5. The number of fused-ring (bicyclic) bond motifs is 1. The van der Waals surface area contributed by atoms with Gasteiger partial charge < -0.3 is 14.4 Å². The Morgan fingerprint density at radius 2 is 2.00 bits per heavy atom. The van der Waals surface area contributed by atoms with E-state index in [0.717, 1.165) is 10.9 Å². The monoisotopic (exact) mass is 289 g/mol. The maximum atomic E-state index is 12.5. The van der Waals surface area contributed by atoms with Crippen molar-refractivity contribution in [3.05, 3.63) is 30.0 Å². The number of hydrogen-bond donors (Lipinski definition) is 1. The van der Waals surface area contributed by atoms with E-state index in [4.69, 9.17) is 4.74 Å². The molecule has 0 bridgehead atoms. The topological polar surface area (TPSA) is 68.5 Å². The van der Waals surface area contributed by atoms with Gasteiger partial charge in [-0.1, -0.05) is 6.07 Å². The molecule has 5 nitrogen and oxygen atoms in total. The van der Waals surface area contributed by atoms with Crippen molar-refractivity contribution < 1.29 is 19.4 Å². The summed E-state index contributed by atoms with van der Waals surface area (Å²) in [5.74, 6) is -0.565. The van der Waals surface area contributed by atoms with E-state index in [1.165, 1.54) is 0 Å². The molecule has 0 aliphatic carbocycles. The first-order valence-electron chi connectivity index (χ1n) is 6.66. The standard InChI is InChI=1S/C16H19NO4/c1-16(2,15(19)20)8-12(18)10-9-17(3)11-6-5-7-13(21-4)14(10)11/h5-7,9H,8H2,1-4H3,(H,19,20). The van der Waals surface area contributed by atoms with Crippen LogP contribution in [-0.2, 0) is 11.8 Å². The summed E-state index contributed by atoms with van der Waals surface area (Å²) in [6, 6.07) is 5.55. The molecule has 112 valence electrons. The fourth-order valence-electron chi connectivity index (χ4n) is 2.37. The molecule has 0 spiro atoms. The van der Waals surface area contributed by atoms with Crippen LogP contribution < -0.4 is 4.74 Å². The van der Waals surface area contributed by atoms with Crippen molar-refractivity contribution in [2.45, 2.75) is 20.3 Å². The number of aliphatic carboxylic acids is 1. The number of carboxylic acid groups (broad SMARTS) is 1. The van der Waals surface area contributed by atoms with Crippen LogP contribution in [-0.4, -0.2) is 28.5 Å². The van der Waals surface area contributed by atoms with Crippen LogP contribution in [0.15, 0.2) is 24.4 Å². The molecule has 0 saturated carbocycles. The van der Waals surface area contributed by atoms with Crippen LogP contribution in [0.25, 0.3) is 10.9 Å². The van der Waals surface area contributed by atoms with Gasteiger partial charge in [0.25, 0.3) is 0 Å². The number of aromatic nitrogens is 1. The highest BCUT2D eigenvalue weighted by Gasteiger charge is 2.31. The Labute approximate surface area is 123 Å². The predicted octanol–water partition coefficient (Wildman–Crippen LogP) is 2.87. The number of aryl methyl sites for hydroxylation is 1. The zero-order valence-corrected chi connectivity index (χ0v) is 12.6. The van der Waals surface area contributed by atoms with E-state index in [2.05, 4.69) is 0 Å². The Kier molecular flexibility index (Phi) is 3.77. The molecule has 0 amide bonds. The predicted molar refractivity (Wildman–Crippen MR) is 79.8 cm³/mol. The van der Waals surface area contributed by atoms with Gasteiger partial charge in [0.05, 0.1) is 23.4 Å². The van der Waals surface area contributed by atoms with Gasteiger partial charge >= 0.3 is 5.97 Å². The maximum Gasteiger partial charge on any atom is 0.309 e. The molecule has 1 aromatic heterocycles. The molecule has 1 N–H and O–H groups in total. The summed E-state index contributed by atoms with van der Waals surface area (Å²) >= 11 is 0. The van der Waals surface area contributed by atoms with Crippen molar-refractivity contribution in [3.8, 4) is 5.75 Å². The Bertz CT molecular complexity index is 712. The van der Waals surface area contributed by atoms with Gasteiger partial charge in [0.15, 0.2) is 5.78 Å². The third kappa shape index (κ3) is 2.63. The molecular formula is C16H19NO4. The molecule has 0 aliphatic heterocycles. The van der Waals surface area contributed by atoms with Crippen molar-refractivity contribution in [2.24, 2.45) is 12.5 Å². The van der Waals surface area contributed by atoms with E-state index in [1.807, 2.05) is 23.7 Å². The Morgan fingerprint density at radius 1 is 1.33 bits per heavy atom. The molecular weight excluding hydrogens is 270 g/mol. The summed E-state index contributed by atoms with van der Waals surface area (Å²) in [5.41, 5.74) is 0.284. The number of carbonyl (C=O) groups is 2. The number of carboxylic acids is 1. The summed E-state index contributed by atoms with van der Waals surface area (Å²) in [5, 5.41) is 9.90. The van der Waals surface area contributed by atoms with E-state index in [-0.39, 0.29) is 12.2 Å². The van der Waals surface area contributed by atoms with Gasteiger partial charge in [-0.3, -0.25) is 9.59 Å². The number of benzene rings is 1. The molecule has 0 unspecified atom stereocenters. The van der Waals surface area contributed by atoms with Crippen LogP contribution in [0.1, 0.15) is 30.6 Å².